The average molecular weight is 496 g/mol. The molecule has 1 unspecified atom stereocenters. The van der Waals surface area contributed by atoms with E-state index < -0.39 is 0 Å². The number of nitrogens with zero attached hydrogens (tertiary/aromatic N) is 4. The van der Waals surface area contributed by atoms with Gasteiger partial charge >= 0.3 is 0 Å². The van der Waals surface area contributed by atoms with Crippen molar-refractivity contribution in [3.05, 3.63) is 33.5 Å². The number of ether oxygens (including phenoxy) is 3. The number of benzene rings is 1. The minimum Gasteiger partial charge on any atom is -0.495 e. The molecule has 32 heavy (non-hydrogen) atoms. The first-order chi connectivity index (χ1) is 15.4. The van der Waals surface area contributed by atoms with Crippen molar-refractivity contribution in [2.24, 2.45) is 5.41 Å². The van der Waals surface area contributed by atoms with Crippen LogP contribution >= 0.6 is 34.8 Å². The third kappa shape index (κ3) is 3.61. The van der Waals surface area contributed by atoms with Gasteiger partial charge in [0.05, 0.1) is 48.1 Å². The normalized spacial score (nSPS) is 20.5. The summed E-state index contributed by atoms with van der Waals surface area (Å²) in [6.07, 6.45) is 3.73. The van der Waals surface area contributed by atoms with E-state index in [1.54, 1.807) is 18.3 Å². The molecular weight excluding hydrogens is 475 g/mol. The molecule has 7 nitrogen and oxygen atoms in total. The molecular formula is C22H21Cl3N4O3. The van der Waals surface area contributed by atoms with Gasteiger partial charge in [0.2, 0.25) is 0 Å². The van der Waals surface area contributed by atoms with E-state index in [1.165, 1.54) is 14.2 Å². The lowest BCUT2D eigenvalue weighted by Gasteiger charge is -2.24. The summed E-state index contributed by atoms with van der Waals surface area (Å²) in [5.74, 6) is 1.98. The van der Waals surface area contributed by atoms with Crippen molar-refractivity contribution in [2.45, 2.75) is 12.8 Å². The van der Waals surface area contributed by atoms with Crippen molar-refractivity contribution in [3.8, 4) is 22.9 Å². The molecule has 0 N–H and O–H groups in total. The van der Waals surface area contributed by atoms with Crippen LogP contribution in [0.1, 0.15) is 12.8 Å². The highest BCUT2D eigenvalue weighted by Crippen LogP contribution is 2.46. The first kappa shape index (κ1) is 21.8. The van der Waals surface area contributed by atoms with Crippen LogP contribution in [0.25, 0.3) is 22.3 Å². The molecule has 0 saturated carbocycles. The number of hydrogen-bond acceptors (Lipinski definition) is 7. The third-order valence-corrected chi connectivity index (χ3v) is 7.21. The van der Waals surface area contributed by atoms with Crippen LogP contribution in [0.5, 0.6) is 11.5 Å². The molecule has 0 radical (unpaired) electrons. The number of aromatic nitrogens is 3. The highest BCUT2D eigenvalue weighted by molar-refractivity contribution is 6.41. The summed E-state index contributed by atoms with van der Waals surface area (Å²) >= 11 is 19.5. The van der Waals surface area contributed by atoms with Gasteiger partial charge in [0.15, 0.2) is 5.82 Å². The molecule has 1 atom stereocenters. The zero-order valence-electron chi connectivity index (χ0n) is 17.6. The smallest absolute Gasteiger partial charge is 0.165 e. The molecule has 4 heterocycles. The summed E-state index contributed by atoms with van der Waals surface area (Å²) in [6.45, 7) is 3.28. The topological polar surface area (TPSA) is 69.6 Å². The number of rotatable bonds is 4. The Labute approximate surface area is 200 Å². The molecule has 0 amide bonds. The Bertz CT molecular complexity index is 1170. The van der Waals surface area contributed by atoms with Crippen molar-refractivity contribution < 1.29 is 14.2 Å². The number of halogens is 3. The molecule has 5 rings (SSSR count). The van der Waals surface area contributed by atoms with Crippen molar-refractivity contribution in [3.63, 3.8) is 0 Å². The van der Waals surface area contributed by atoms with Gasteiger partial charge in [0.25, 0.3) is 0 Å². The first-order valence-electron chi connectivity index (χ1n) is 10.2. The van der Waals surface area contributed by atoms with Crippen molar-refractivity contribution >= 4 is 51.5 Å². The van der Waals surface area contributed by atoms with E-state index in [0.717, 1.165) is 50.3 Å². The van der Waals surface area contributed by atoms with Gasteiger partial charge in [-0.3, -0.25) is 0 Å². The Kier molecular flexibility index (Phi) is 5.70. The largest absolute Gasteiger partial charge is 0.495 e. The van der Waals surface area contributed by atoms with E-state index in [-0.39, 0.29) is 5.41 Å². The number of hydrogen-bond donors (Lipinski definition) is 0. The number of anilines is 1. The summed E-state index contributed by atoms with van der Waals surface area (Å²) in [5.41, 5.74) is 1.25. The maximum atomic E-state index is 6.65. The maximum absolute atomic E-state index is 6.65. The van der Waals surface area contributed by atoms with E-state index in [0.29, 0.717) is 43.6 Å². The van der Waals surface area contributed by atoms with Crippen LogP contribution in [0.15, 0.2) is 18.3 Å². The number of fused-ring (bicyclic) bond motifs is 1. The fourth-order valence-electron chi connectivity index (χ4n) is 4.51. The minimum absolute atomic E-state index is 0.155. The van der Waals surface area contributed by atoms with Gasteiger partial charge in [-0.25, -0.2) is 15.0 Å². The molecule has 2 saturated heterocycles. The van der Waals surface area contributed by atoms with Gasteiger partial charge in [0.1, 0.15) is 22.5 Å². The SMILES string of the molecule is COc1cc(OC)c(Cl)c(-c2nc(N3CCC4(CCOC4)C3)c3cc(Cl)ncc3n2)c1Cl. The Morgan fingerprint density at radius 2 is 1.78 bits per heavy atom. The van der Waals surface area contributed by atoms with Gasteiger partial charge in [0, 0.05) is 36.6 Å². The predicted molar refractivity (Wildman–Crippen MR) is 126 cm³/mol. The van der Waals surface area contributed by atoms with Crippen LogP contribution < -0.4 is 14.4 Å². The van der Waals surface area contributed by atoms with Gasteiger partial charge in [-0.1, -0.05) is 34.8 Å². The molecule has 2 aliphatic rings. The lowest BCUT2D eigenvalue weighted by atomic mass is 9.87. The van der Waals surface area contributed by atoms with Crippen LogP contribution in [0.4, 0.5) is 5.82 Å². The van der Waals surface area contributed by atoms with Crippen LogP contribution in [-0.2, 0) is 4.74 Å². The Morgan fingerprint density at radius 1 is 1.03 bits per heavy atom. The molecule has 0 bridgehead atoms. The highest BCUT2D eigenvalue weighted by atomic mass is 35.5. The lowest BCUT2D eigenvalue weighted by Crippen LogP contribution is -2.28. The summed E-state index contributed by atoms with van der Waals surface area (Å²) in [6, 6.07) is 3.43. The molecule has 10 heteroatoms. The maximum Gasteiger partial charge on any atom is 0.165 e. The monoisotopic (exact) mass is 494 g/mol. The second-order valence-electron chi connectivity index (χ2n) is 8.15. The quantitative estimate of drug-likeness (QED) is 0.456. The second kappa shape index (κ2) is 8.37. The number of pyridine rings is 1. The zero-order chi connectivity index (χ0) is 22.5. The standard InChI is InChI=1S/C22H21Cl3N4O3/c1-30-14-8-15(31-2)19(25)17(18(14)24)20-27-13-9-26-16(23)7-12(13)21(28-20)29-5-3-22(10-29)4-6-32-11-22/h7-9H,3-6,10-11H2,1-2H3. The number of methoxy groups -OCH3 is 2. The molecule has 2 aromatic heterocycles. The molecule has 0 aliphatic carbocycles. The van der Waals surface area contributed by atoms with E-state index in [2.05, 4.69) is 9.88 Å². The average Bonchev–Trinajstić information content (AvgIpc) is 3.43. The fourth-order valence-corrected chi connectivity index (χ4v) is 5.34. The van der Waals surface area contributed by atoms with Gasteiger partial charge in [-0.2, -0.15) is 0 Å². The first-order valence-corrected chi connectivity index (χ1v) is 11.3. The second-order valence-corrected chi connectivity index (χ2v) is 9.30. The summed E-state index contributed by atoms with van der Waals surface area (Å²) in [4.78, 5) is 16.1. The van der Waals surface area contributed by atoms with Crippen molar-refractivity contribution in [1.29, 1.82) is 0 Å². The van der Waals surface area contributed by atoms with Crippen LogP contribution in [0, 0.1) is 5.41 Å². The highest BCUT2D eigenvalue weighted by Gasteiger charge is 2.42. The third-order valence-electron chi connectivity index (χ3n) is 6.25. The Morgan fingerprint density at radius 3 is 2.44 bits per heavy atom. The lowest BCUT2D eigenvalue weighted by molar-refractivity contribution is 0.160. The summed E-state index contributed by atoms with van der Waals surface area (Å²) in [5, 5.41) is 1.83. The van der Waals surface area contributed by atoms with E-state index in [4.69, 9.17) is 59.0 Å². The molecule has 2 fully saturated rings. The van der Waals surface area contributed by atoms with E-state index >= 15 is 0 Å². The van der Waals surface area contributed by atoms with Crippen LogP contribution in [0.3, 0.4) is 0 Å². The molecule has 1 spiro atoms. The summed E-state index contributed by atoms with van der Waals surface area (Å²) < 4.78 is 16.5. The molecule has 2 aliphatic heterocycles. The van der Waals surface area contributed by atoms with E-state index in [1.807, 2.05) is 0 Å². The zero-order valence-corrected chi connectivity index (χ0v) is 19.9. The molecule has 168 valence electrons. The van der Waals surface area contributed by atoms with Crippen molar-refractivity contribution in [2.75, 3.05) is 45.4 Å². The van der Waals surface area contributed by atoms with Crippen molar-refractivity contribution in [1.82, 2.24) is 15.0 Å². The van der Waals surface area contributed by atoms with Crippen LogP contribution in [-0.4, -0.2) is 55.5 Å². The molecule has 3 aromatic rings. The molecule has 1 aromatic carbocycles. The van der Waals surface area contributed by atoms with Gasteiger partial charge < -0.3 is 19.1 Å². The van der Waals surface area contributed by atoms with E-state index in [9.17, 15) is 0 Å². The Balaban J connectivity index is 1.71. The van der Waals surface area contributed by atoms with Crippen LogP contribution in [0.2, 0.25) is 15.2 Å². The Hall–Kier alpha value is -2.06. The van der Waals surface area contributed by atoms with Gasteiger partial charge in [-0.15, -0.1) is 0 Å². The van der Waals surface area contributed by atoms with Gasteiger partial charge in [-0.05, 0) is 18.9 Å². The summed E-state index contributed by atoms with van der Waals surface area (Å²) in [7, 11) is 3.06. The minimum atomic E-state index is 0.155. The predicted octanol–water partition coefficient (Wildman–Crippen LogP) is 5.29. The fraction of sp³-hybridized carbons (Fsp3) is 0.409.